The predicted molar refractivity (Wildman–Crippen MR) is 130 cm³/mol. The number of rotatable bonds is 8. The molecule has 1 aliphatic rings. The first-order valence-electron chi connectivity index (χ1n) is 10.3. The number of nitrogens with zero attached hydrogens (tertiary/aromatic N) is 3. The molecule has 1 saturated heterocycles. The number of benzene rings is 2. The summed E-state index contributed by atoms with van der Waals surface area (Å²) in [6.07, 6.45) is 4.41. The molecule has 3 aromatic rings. The lowest BCUT2D eigenvalue weighted by Gasteiger charge is -2.14. The van der Waals surface area contributed by atoms with E-state index in [-0.39, 0.29) is 4.32 Å². The molecular weight excluding hydrogens is 458 g/mol. The Morgan fingerprint density at radius 1 is 1.21 bits per heavy atom. The summed E-state index contributed by atoms with van der Waals surface area (Å²) in [7, 11) is 0. The van der Waals surface area contributed by atoms with Crippen LogP contribution in [0.4, 0.5) is 0 Å². The Kier molecular flexibility index (Phi) is 6.90. The molecule has 0 N–H and O–H groups in total. The lowest BCUT2D eigenvalue weighted by Crippen LogP contribution is -2.40. The highest BCUT2D eigenvalue weighted by Crippen LogP contribution is 2.35. The van der Waals surface area contributed by atoms with Crippen LogP contribution < -0.4 is 9.84 Å². The van der Waals surface area contributed by atoms with E-state index in [1.807, 2.05) is 67.7 Å². The number of carboxylic acids is 1. The van der Waals surface area contributed by atoms with Crippen LogP contribution in [-0.2, 0) is 9.59 Å². The van der Waals surface area contributed by atoms with E-state index in [1.165, 1.54) is 0 Å². The molecule has 1 aliphatic heterocycles. The SMILES string of the molecule is CCCOc1cccc(-c2nn(-c3ccccc3)cc2/C=C2/SC(=S)N(CC(=O)[O-])C2=O)c1. The molecule has 0 spiro atoms. The zero-order valence-corrected chi connectivity index (χ0v) is 19.4. The van der Waals surface area contributed by atoms with Crippen molar-refractivity contribution >= 4 is 46.3 Å². The van der Waals surface area contributed by atoms with E-state index < -0.39 is 18.4 Å². The van der Waals surface area contributed by atoms with Gasteiger partial charge in [0.15, 0.2) is 0 Å². The predicted octanol–water partition coefficient (Wildman–Crippen LogP) is 3.28. The molecule has 0 bridgehead atoms. The molecule has 1 aromatic heterocycles. The fourth-order valence-corrected chi connectivity index (χ4v) is 4.54. The molecule has 168 valence electrons. The number of carbonyl (C=O) groups is 2. The summed E-state index contributed by atoms with van der Waals surface area (Å²) in [6.45, 7) is 2.07. The molecule has 7 nitrogen and oxygen atoms in total. The first-order valence-corrected chi connectivity index (χ1v) is 11.5. The molecule has 0 unspecified atom stereocenters. The van der Waals surface area contributed by atoms with E-state index in [2.05, 4.69) is 0 Å². The van der Waals surface area contributed by atoms with Crippen molar-refractivity contribution in [3.8, 4) is 22.7 Å². The summed E-state index contributed by atoms with van der Waals surface area (Å²) in [5.41, 5.74) is 3.04. The average Bonchev–Trinajstić information content (AvgIpc) is 3.35. The molecule has 1 amide bonds. The molecule has 0 saturated carbocycles. The van der Waals surface area contributed by atoms with Gasteiger partial charge in [-0.2, -0.15) is 5.10 Å². The van der Waals surface area contributed by atoms with Gasteiger partial charge in [0.05, 0.1) is 29.7 Å². The third kappa shape index (κ3) is 5.15. The molecule has 0 radical (unpaired) electrons. The van der Waals surface area contributed by atoms with Gasteiger partial charge in [-0.3, -0.25) is 9.69 Å². The van der Waals surface area contributed by atoms with Gasteiger partial charge in [-0.15, -0.1) is 0 Å². The van der Waals surface area contributed by atoms with Crippen LogP contribution in [0.5, 0.6) is 5.75 Å². The summed E-state index contributed by atoms with van der Waals surface area (Å²) >= 11 is 6.25. The summed E-state index contributed by atoms with van der Waals surface area (Å²) in [4.78, 5) is 25.1. The Morgan fingerprint density at radius 2 is 2.00 bits per heavy atom. The molecule has 0 atom stereocenters. The minimum absolute atomic E-state index is 0.183. The number of hydrogen-bond donors (Lipinski definition) is 0. The number of para-hydroxylation sites is 1. The quantitative estimate of drug-likeness (QED) is 0.363. The fourth-order valence-electron chi connectivity index (χ4n) is 3.29. The van der Waals surface area contributed by atoms with Crippen molar-refractivity contribution in [2.75, 3.05) is 13.2 Å². The number of aliphatic carboxylic acids is 1. The van der Waals surface area contributed by atoms with E-state index in [1.54, 1.807) is 10.8 Å². The van der Waals surface area contributed by atoms with Gasteiger partial charge in [0.25, 0.3) is 5.91 Å². The molecule has 4 rings (SSSR count). The van der Waals surface area contributed by atoms with Crippen LogP contribution in [0.2, 0.25) is 0 Å². The van der Waals surface area contributed by atoms with Gasteiger partial charge in [0, 0.05) is 17.3 Å². The Bertz CT molecular complexity index is 1240. The number of carbonyl (C=O) groups excluding carboxylic acids is 2. The summed E-state index contributed by atoms with van der Waals surface area (Å²) < 4.78 is 7.69. The van der Waals surface area contributed by atoms with Gasteiger partial charge in [0.2, 0.25) is 0 Å². The van der Waals surface area contributed by atoms with Crippen LogP contribution in [0.3, 0.4) is 0 Å². The van der Waals surface area contributed by atoms with E-state index >= 15 is 0 Å². The van der Waals surface area contributed by atoms with Crippen molar-refractivity contribution < 1.29 is 19.4 Å². The van der Waals surface area contributed by atoms with Crippen LogP contribution in [0.25, 0.3) is 23.0 Å². The highest BCUT2D eigenvalue weighted by atomic mass is 32.2. The molecule has 2 heterocycles. The molecule has 1 fully saturated rings. The van der Waals surface area contributed by atoms with Gasteiger partial charge in [-0.25, -0.2) is 4.68 Å². The van der Waals surface area contributed by atoms with E-state index in [9.17, 15) is 14.7 Å². The smallest absolute Gasteiger partial charge is 0.266 e. The van der Waals surface area contributed by atoms with Crippen molar-refractivity contribution in [3.05, 3.63) is 71.3 Å². The maximum absolute atomic E-state index is 12.8. The number of thiocarbonyl (C=S) groups is 1. The van der Waals surface area contributed by atoms with E-state index in [0.717, 1.165) is 40.1 Å². The normalized spacial score (nSPS) is 14.8. The van der Waals surface area contributed by atoms with Crippen LogP contribution in [0, 0.1) is 0 Å². The first kappa shape index (κ1) is 22.8. The molecule has 2 aromatic carbocycles. The maximum Gasteiger partial charge on any atom is 0.266 e. The lowest BCUT2D eigenvalue weighted by atomic mass is 10.1. The number of thioether (sulfide) groups is 1. The molecule has 33 heavy (non-hydrogen) atoms. The van der Waals surface area contributed by atoms with Gasteiger partial charge in [-0.05, 0) is 36.8 Å². The Morgan fingerprint density at radius 3 is 2.73 bits per heavy atom. The summed E-state index contributed by atoms with van der Waals surface area (Å²) in [6, 6.07) is 17.2. The first-order chi connectivity index (χ1) is 16.0. The number of amides is 1. The van der Waals surface area contributed by atoms with Crippen LogP contribution in [-0.4, -0.2) is 44.0 Å². The van der Waals surface area contributed by atoms with Crippen molar-refractivity contribution in [1.29, 1.82) is 0 Å². The van der Waals surface area contributed by atoms with E-state index in [0.29, 0.717) is 22.8 Å². The topological polar surface area (TPSA) is 87.5 Å². The van der Waals surface area contributed by atoms with Crippen molar-refractivity contribution in [1.82, 2.24) is 14.7 Å². The second kappa shape index (κ2) is 10.0. The number of hydrogen-bond acceptors (Lipinski definition) is 7. The second-order valence-corrected chi connectivity index (χ2v) is 8.91. The Hall–Kier alpha value is -3.43. The third-order valence-corrected chi connectivity index (χ3v) is 6.17. The Labute approximate surface area is 200 Å². The summed E-state index contributed by atoms with van der Waals surface area (Å²) in [5, 5.41) is 15.8. The average molecular weight is 479 g/mol. The lowest BCUT2D eigenvalue weighted by molar-refractivity contribution is -0.305. The van der Waals surface area contributed by atoms with E-state index in [4.69, 9.17) is 22.1 Å². The second-order valence-electron chi connectivity index (χ2n) is 7.23. The van der Waals surface area contributed by atoms with Gasteiger partial charge >= 0.3 is 0 Å². The Balaban J connectivity index is 1.77. The van der Waals surface area contributed by atoms with Crippen LogP contribution >= 0.6 is 24.0 Å². The minimum Gasteiger partial charge on any atom is -0.548 e. The maximum atomic E-state index is 12.8. The fraction of sp³-hybridized carbons (Fsp3) is 0.167. The van der Waals surface area contributed by atoms with Gasteiger partial charge in [-0.1, -0.05) is 61.2 Å². The molecule has 0 aliphatic carbocycles. The number of carboxylic acid groups (broad SMARTS) is 1. The van der Waals surface area contributed by atoms with Gasteiger partial charge < -0.3 is 14.6 Å². The zero-order valence-electron chi connectivity index (χ0n) is 17.8. The standard InChI is InChI=1S/C24H21N3O4S2/c1-2-11-31-19-10-6-7-16(12-19)22-17(14-27(25-22)18-8-4-3-5-9-18)13-20-23(30)26(15-21(28)29)24(32)33-20/h3-10,12-14H,2,11,15H2,1H3,(H,28,29)/p-1/b20-13+. The monoisotopic (exact) mass is 478 g/mol. The summed E-state index contributed by atoms with van der Waals surface area (Å²) in [5.74, 6) is -1.10. The highest BCUT2D eigenvalue weighted by molar-refractivity contribution is 8.26. The van der Waals surface area contributed by atoms with Crippen molar-refractivity contribution in [3.63, 3.8) is 0 Å². The zero-order chi connectivity index (χ0) is 23.4. The van der Waals surface area contributed by atoms with Crippen molar-refractivity contribution in [2.24, 2.45) is 0 Å². The molecular formula is C24H20N3O4S2-. The third-order valence-electron chi connectivity index (χ3n) is 4.79. The molecule has 9 heteroatoms. The van der Waals surface area contributed by atoms with Crippen LogP contribution in [0.1, 0.15) is 18.9 Å². The van der Waals surface area contributed by atoms with Gasteiger partial charge in [0.1, 0.15) is 15.8 Å². The van der Waals surface area contributed by atoms with Crippen LogP contribution in [0.15, 0.2) is 65.7 Å². The highest BCUT2D eigenvalue weighted by Gasteiger charge is 2.32. The number of ether oxygens (including phenoxy) is 1. The minimum atomic E-state index is -1.37. The number of aromatic nitrogens is 2. The largest absolute Gasteiger partial charge is 0.548 e. The van der Waals surface area contributed by atoms with Crippen molar-refractivity contribution in [2.45, 2.75) is 13.3 Å².